The first kappa shape index (κ1) is 15.7. The molecule has 0 spiro atoms. The number of carboxylic acid groups (broad SMARTS) is 2. The van der Waals surface area contributed by atoms with Crippen LogP contribution in [0.3, 0.4) is 0 Å². The van der Waals surface area contributed by atoms with Crippen molar-refractivity contribution in [3.05, 3.63) is 0 Å². The predicted molar refractivity (Wildman–Crippen MR) is 16.0 cm³/mol. The molecule has 0 bridgehead atoms. The fourth-order valence-corrected chi connectivity index (χ4v) is 0. The number of rotatable bonds is 0. The van der Waals surface area contributed by atoms with Crippen molar-refractivity contribution in [2.24, 2.45) is 0 Å². The quantitative estimate of drug-likeness (QED) is 0.373. The summed E-state index contributed by atoms with van der Waals surface area (Å²) in [6.45, 7) is 0. The van der Waals surface area contributed by atoms with Crippen molar-refractivity contribution < 1.29 is 45.6 Å². The van der Waals surface area contributed by atoms with Gasteiger partial charge >= 0.3 is 0 Å². The molecule has 0 heterocycles. The largest absolute Gasteiger partial charge is 0.543 e. The number of hydrogen-bond acceptors (Lipinski definition) is 4. The van der Waals surface area contributed by atoms with Gasteiger partial charge in [0.15, 0.2) is 0 Å². The molecule has 0 atom stereocenters. The van der Waals surface area contributed by atoms with Gasteiger partial charge in [0.25, 0.3) is 0 Å². The third kappa shape index (κ3) is 9.24. The standard InChI is InChI=1S/C2H2O4.Hf.H3N/c3-1(4)2(5)6;;/h(H,3,4)(H,5,6);;1H3/p-1. The maximum Gasteiger partial charge on any atom is 0.0870 e. The van der Waals surface area contributed by atoms with Crippen LogP contribution in [0.25, 0.3) is 0 Å². The second kappa shape index (κ2) is 6.77. The van der Waals surface area contributed by atoms with Crippen molar-refractivity contribution in [1.29, 1.82) is 0 Å². The van der Waals surface area contributed by atoms with E-state index in [-0.39, 0.29) is 32.0 Å². The van der Waals surface area contributed by atoms with Crippen LogP contribution in [0.4, 0.5) is 0 Å². The van der Waals surface area contributed by atoms with Crippen molar-refractivity contribution in [2.75, 3.05) is 0 Å². The van der Waals surface area contributed by atoms with E-state index in [9.17, 15) is 0 Å². The Kier molecular flexibility index (Phi) is 13.2. The van der Waals surface area contributed by atoms with Crippen molar-refractivity contribution in [2.45, 2.75) is 0 Å². The Balaban J connectivity index is -0.000000125. The van der Waals surface area contributed by atoms with E-state index < -0.39 is 11.9 Å². The fourth-order valence-electron chi connectivity index (χ4n) is 0. The summed E-state index contributed by atoms with van der Waals surface area (Å²) in [5, 5.41) is 17.9. The molecule has 0 unspecified atom stereocenters. The minimum absolute atomic E-state index is 0. The summed E-state index contributed by atoms with van der Waals surface area (Å²) in [6, 6.07) is 0. The minimum Gasteiger partial charge on any atom is -0.543 e. The maximum absolute atomic E-state index is 8.93. The van der Waals surface area contributed by atoms with Crippen molar-refractivity contribution in [1.82, 2.24) is 6.15 Å². The van der Waals surface area contributed by atoms with Crippen LogP contribution in [0, 0.1) is 0 Å². The number of quaternary nitrogens is 1. The molecule has 8 heavy (non-hydrogen) atoms. The third-order valence-electron chi connectivity index (χ3n) is 0.167. The summed E-state index contributed by atoms with van der Waals surface area (Å²) in [4.78, 5) is 17.9. The Labute approximate surface area is 64.1 Å². The van der Waals surface area contributed by atoms with Gasteiger partial charge in [0.1, 0.15) is 0 Å². The minimum atomic E-state index is -2.19. The van der Waals surface area contributed by atoms with Gasteiger partial charge in [-0.1, -0.05) is 0 Å². The van der Waals surface area contributed by atoms with Gasteiger partial charge in [0, 0.05) is 25.8 Å². The van der Waals surface area contributed by atoms with Crippen LogP contribution in [-0.2, 0) is 35.4 Å². The number of carboxylic acids is 2. The Bertz CT molecular complexity index is 80.0. The molecule has 0 rings (SSSR count). The Morgan fingerprint density at radius 1 is 1.00 bits per heavy atom. The molecular formula is C2H4HfNO4-. The molecule has 0 fully saturated rings. The molecule has 0 aromatic heterocycles. The summed E-state index contributed by atoms with van der Waals surface area (Å²) in [6.07, 6.45) is 0. The molecule has 0 aromatic rings. The topological polar surface area (TPSA) is 117 Å². The van der Waals surface area contributed by atoms with Crippen molar-refractivity contribution in [3.63, 3.8) is 0 Å². The molecule has 4 N–H and O–H groups in total. The van der Waals surface area contributed by atoms with Gasteiger partial charge in [-0.2, -0.15) is 0 Å². The maximum atomic E-state index is 8.93. The van der Waals surface area contributed by atoms with E-state index in [0.29, 0.717) is 0 Å². The van der Waals surface area contributed by atoms with Crippen molar-refractivity contribution >= 4 is 11.9 Å². The van der Waals surface area contributed by atoms with Gasteiger partial charge in [-0.3, -0.25) is 0 Å². The SMILES string of the molecule is O=C([O-])C(=O)[O-].[Hf].[NH4+]. The molecule has 0 aliphatic rings. The van der Waals surface area contributed by atoms with E-state index >= 15 is 0 Å². The van der Waals surface area contributed by atoms with Crippen molar-refractivity contribution in [3.8, 4) is 0 Å². The van der Waals surface area contributed by atoms with Gasteiger partial charge in [0.2, 0.25) is 0 Å². The molecule has 0 aliphatic carbocycles. The zero-order valence-corrected chi connectivity index (χ0v) is 7.73. The van der Waals surface area contributed by atoms with E-state index in [1.807, 2.05) is 0 Å². The van der Waals surface area contributed by atoms with Gasteiger partial charge in [0.05, 0.1) is 11.9 Å². The van der Waals surface area contributed by atoms with E-state index in [4.69, 9.17) is 19.8 Å². The normalized spacial score (nSPS) is 5.50. The Hall–Kier alpha value is -0.230. The molecule has 0 amide bonds. The molecule has 0 aromatic carbocycles. The van der Waals surface area contributed by atoms with Crippen LogP contribution in [0.15, 0.2) is 0 Å². The summed E-state index contributed by atoms with van der Waals surface area (Å²) >= 11 is 0. The van der Waals surface area contributed by atoms with E-state index in [0.717, 1.165) is 0 Å². The molecule has 0 saturated heterocycles. The average Bonchev–Trinajstić information content (AvgIpc) is 1.36. The van der Waals surface area contributed by atoms with E-state index in [1.165, 1.54) is 0 Å². The van der Waals surface area contributed by atoms with E-state index in [1.54, 1.807) is 0 Å². The first-order valence-corrected chi connectivity index (χ1v) is 1.07. The van der Waals surface area contributed by atoms with Gasteiger partial charge in [-0.25, -0.2) is 0 Å². The molecule has 0 radical (unpaired) electrons. The molecule has 46 valence electrons. The average molecular weight is 285 g/mol. The molecule has 6 heteroatoms. The summed E-state index contributed by atoms with van der Waals surface area (Å²) in [7, 11) is 0. The van der Waals surface area contributed by atoms with Crippen LogP contribution in [0.5, 0.6) is 0 Å². The molecular weight excluding hydrogens is 281 g/mol. The Morgan fingerprint density at radius 3 is 1.12 bits per heavy atom. The van der Waals surface area contributed by atoms with Crippen LogP contribution in [0.2, 0.25) is 0 Å². The van der Waals surface area contributed by atoms with Crippen LogP contribution in [-0.4, -0.2) is 11.9 Å². The van der Waals surface area contributed by atoms with Crippen LogP contribution < -0.4 is 16.4 Å². The smallest absolute Gasteiger partial charge is 0.0870 e. The number of carbonyl (C=O) groups excluding carboxylic acids is 2. The second-order valence-corrected chi connectivity index (χ2v) is 0.575. The summed E-state index contributed by atoms with van der Waals surface area (Å²) in [5.41, 5.74) is 0. The predicted octanol–water partition coefficient (Wildman–Crippen LogP) is -3.14. The van der Waals surface area contributed by atoms with Gasteiger partial charge < -0.3 is 26.0 Å². The molecule has 0 saturated carbocycles. The Morgan fingerprint density at radius 2 is 1.12 bits per heavy atom. The van der Waals surface area contributed by atoms with E-state index in [2.05, 4.69) is 0 Å². The summed E-state index contributed by atoms with van der Waals surface area (Å²) < 4.78 is 0. The van der Waals surface area contributed by atoms with Crippen LogP contribution >= 0.6 is 0 Å². The first-order valence-electron chi connectivity index (χ1n) is 1.07. The summed E-state index contributed by atoms with van der Waals surface area (Å²) in [5.74, 6) is -4.37. The monoisotopic (exact) mass is 286 g/mol. The van der Waals surface area contributed by atoms with Crippen LogP contribution in [0.1, 0.15) is 0 Å². The number of carbonyl (C=O) groups is 2. The van der Waals surface area contributed by atoms with Gasteiger partial charge in [-0.15, -0.1) is 0 Å². The van der Waals surface area contributed by atoms with Gasteiger partial charge in [-0.05, 0) is 0 Å². The number of aliphatic carboxylic acids is 2. The zero-order valence-electron chi connectivity index (χ0n) is 4.13. The first-order chi connectivity index (χ1) is 2.64. The number of hydrogen-bond donors (Lipinski definition) is 1. The second-order valence-electron chi connectivity index (χ2n) is 0.575. The fraction of sp³-hybridized carbons (Fsp3) is 0. The zero-order chi connectivity index (χ0) is 5.15. The molecule has 5 nitrogen and oxygen atoms in total. The molecule has 0 aliphatic heterocycles. The third-order valence-corrected chi connectivity index (χ3v) is 0.167.